The van der Waals surface area contributed by atoms with Gasteiger partial charge in [0, 0.05) is 18.4 Å². The Labute approximate surface area is 69.1 Å². The van der Waals surface area contributed by atoms with Crippen molar-refractivity contribution in [2.45, 2.75) is 12.5 Å². The molecule has 0 spiro atoms. The minimum Gasteiger partial charge on any atom is -0.550 e. The summed E-state index contributed by atoms with van der Waals surface area (Å²) in [7, 11) is 0. The Morgan fingerprint density at radius 2 is 1.80 bits per heavy atom. The topological polar surface area (TPSA) is 106 Å². The third kappa shape index (κ3) is 5.62. The number of aliphatic carboxylic acids is 2. The first-order chi connectivity index (χ1) is 4.04. The summed E-state index contributed by atoms with van der Waals surface area (Å²) in [4.78, 5) is 19.3. The molecule has 0 fully saturated rings. The Bertz CT molecular complexity index is 137. The molecule has 1 unspecified atom stereocenters. The van der Waals surface area contributed by atoms with E-state index >= 15 is 0 Å². The molecule has 0 amide bonds. The second-order valence-electron chi connectivity index (χ2n) is 1.50. The number of hydrogen-bond acceptors (Lipinski definition) is 5. The van der Waals surface area contributed by atoms with Gasteiger partial charge in [0.25, 0.3) is 0 Å². The van der Waals surface area contributed by atoms with Crippen LogP contribution < -0.4 is 15.9 Å². The average molecular weight is 182 g/mol. The van der Waals surface area contributed by atoms with Crippen molar-refractivity contribution in [1.82, 2.24) is 0 Å². The van der Waals surface area contributed by atoms with Crippen molar-refractivity contribution in [3.63, 3.8) is 0 Å². The molecule has 0 aliphatic rings. The van der Waals surface area contributed by atoms with E-state index in [2.05, 4.69) is 0 Å². The van der Waals surface area contributed by atoms with Crippen LogP contribution in [-0.4, -0.2) is 18.0 Å². The van der Waals surface area contributed by atoms with E-state index in [0.29, 0.717) is 0 Å². The molecule has 0 aromatic rings. The van der Waals surface area contributed by atoms with Gasteiger partial charge in [0.1, 0.15) is 0 Å². The van der Waals surface area contributed by atoms with E-state index < -0.39 is 24.4 Å². The second-order valence-corrected chi connectivity index (χ2v) is 1.50. The van der Waals surface area contributed by atoms with Crippen LogP contribution >= 0.6 is 0 Å². The van der Waals surface area contributed by atoms with Gasteiger partial charge in [-0.2, -0.15) is 0 Å². The summed E-state index contributed by atoms with van der Waals surface area (Å²) in [5, 5.41) is 19.3. The first-order valence-corrected chi connectivity index (χ1v) is 2.20. The zero-order valence-corrected chi connectivity index (χ0v) is 6.34. The molecule has 0 aliphatic carbocycles. The van der Waals surface area contributed by atoms with Gasteiger partial charge < -0.3 is 25.5 Å². The molecule has 5 nitrogen and oxygen atoms in total. The van der Waals surface area contributed by atoms with Crippen molar-refractivity contribution in [3.8, 4) is 0 Å². The van der Waals surface area contributed by atoms with Gasteiger partial charge in [0.15, 0.2) is 0 Å². The normalized spacial score (nSPS) is 11.3. The van der Waals surface area contributed by atoms with Gasteiger partial charge in [-0.15, -0.1) is 0 Å². The minimum atomic E-state index is -1.58. The predicted molar refractivity (Wildman–Crippen MR) is 22.6 cm³/mol. The second kappa shape index (κ2) is 5.28. The maximum Gasteiger partial charge on any atom is 2.00 e. The van der Waals surface area contributed by atoms with Crippen LogP contribution in [0.3, 0.4) is 0 Å². The van der Waals surface area contributed by atoms with E-state index in [1.807, 2.05) is 0 Å². The Hall–Kier alpha value is -0.516. The Morgan fingerprint density at radius 3 is 1.90 bits per heavy atom. The molecule has 10 heavy (non-hydrogen) atoms. The van der Waals surface area contributed by atoms with Gasteiger partial charge in [0.2, 0.25) is 0 Å². The average Bonchev–Trinajstić information content (AvgIpc) is 1.63. The van der Waals surface area contributed by atoms with Crippen LogP contribution in [0.2, 0.25) is 0 Å². The van der Waals surface area contributed by atoms with Crippen LogP contribution in [0, 0.1) is 0 Å². The number of carbonyl (C=O) groups excluding carboxylic acids is 2. The molecule has 0 aromatic heterocycles. The van der Waals surface area contributed by atoms with E-state index in [1.165, 1.54) is 0 Å². The van der Waals surface area contributed by atoms with Crippen LogP contribution in [0.15, 0.2) is 0 Å². The molecule has 0 heterocycles. The molecular formula is C4H5NO4V. The fourth-order valence-electron chi connectivity index (χ4n) is 0.263. The molecule has 0 aromatic carbocycles. The molecule has 2 N–H and O–H groups in total. The maximum atomic E-state index is 9.71. The van der Waals surface area contributed by atoms with E-state index in [1.54, 1.807) is 0 Å². The molecule has 1 radical (unpaired) electrons. The third-order valence-corrected chi connectivity index (χ3v) is 0.689. The zero-order chi connectivity index (χ0) is 7.44. The van der Waals surface area contributed by atoms with Gasteiger partial charge >= 0.3 is 18.6 Å². The molecule has 0 saturated carbocycles. The SMILES string of the molecule is NC(CC(=O)[O-])C(=O)[O-].[V+2]. The molecule has 1 atom stereocenters. The number of carbonyl (C=O) groups is 2. The summed E-state index contributed by atoms with van der Waals surface area (Å²) in [6, 6.07) is -1.46. The largest absolute Gasteiger partial charge is 2.00 e. The summed E-state index contributed by atoms with van der Waals surface area (Å²) in [6.07, 6.45) is -0.706. The molecule has 0 aliphatic heterocycles. The smallest absolute Gasteiger partial charge is 0.550 e. The van der Waals surface area contributed by atoms with Gasteiger partial charge in [-0.05, 0) is 0 Å². The van der Waals surface area contributed by atoms with Gasteiger partial charge in [-0.1, -0.05) is 0 Å². The number of carboxylic acid groups (broad SMARTS) is 2. The van der Waals surface area contributed by atoms with Crippen LogP contribution in [0.4, 0.5) is 0 Å². The van der Waals surface area contributed by atoms with E-state index in [9.17, 15) is 19.8 Å². The quantitative estimate of drug-likeness (QED) is 0.481. The van der Waals surface area contributed by atoms with E-state index in [-0.39, 0.29) is 18.6 Å². The van der Waals surface area contributed by atoms with Crippen LogP contribution in [0.5, 0.6) is 0 Å². The molecule has 6 heteroatoms. The molecule has 0 rings (SSSR count). The maximum absolute atomic E-state index is 9.71. The number of rotatable bonds is 3. The van der Waals surface area contributed by atoms with Crippen molar-refractivity contribution < 1.29 is 38.4 Å². The van der Waals surface area contributed by atoms with Crippen molar-refractivity contribution in [2.24, 2.45) is 5.73 Å². The fourth-order valence-corrected chi connectivity index (χ4v) is 0.263. The Kier molecular flexibility index (Phi) is 6.44. The molecular weight excluding hydrogens is 177 g/mol. The van der Waals surface area contributed by atoms with Crippen molar-refractivity contribution in [1.29, 1.82) is 0 Å². The summed E-state index contributed by atoms with van der Waals surface area (Å²) < 4.78 is 0. The predicted octanol–water partition coefficient (Wildman–Crippen LogP) is -3.80. The molecule has 0 saturated heterocycles. The van der Waals surface area contributed by atoms with Crippen molar-refractivity contribution >= 4 is 11.9 Å². The summed E-state index contributed by atoms with van der Waals surface area (Å²) in [5.41, 5.74) is 4.73. The van der Waals surface area contributed by atoms with Crippen LogP contribution in [0.25, 0.3) is 0 Å². The number of hydrogen-bond donors (Lipinski definition) is 1. The fraction of sp³-hybridized carbons (Fsp3) is 0.500. The monoisotopic (exact) mass is 182 g/mol. The third-order valence-electron chi connectivity index (χ3n) is 0.689. The minimum absolute atomic E-state index is 0. The first kappa shape index (κ1) is 12.2. The van der Waals surface area contributed by atoms with Crippen molar-refractivity contribution in [2.75, 3.05) is 0 Å². The first-order valence-electron chi connectivity index (χ1n) is 2.20. The summed E-state index contributed by atoms with van der Waals surface area (Å²) in [6.45, 7) is 0. The van der Waals surface area contributed by atoms with E-state index in [4.69, 9.17) is 5.73 Å². The molecule has 0 bridgehead atoms. The van der Waals surface area contributed by atoms with Gasteiger partial charge in [-0.25, -0.2) is 0 Å². The Balaban J connectivity index is 0. The summed E-state index contributed by atoms with van der Waals surface area (Å²) >= 11 is 0. The van der Waals surface area contributed by atoms with Crippen LogP contribution in [0.1, 0.15) is 6.42 Å². The van der Waals surface area contributed by atoms with E-state index in [0.717, 1.165) is 0 Å². The number of carboxylic acids is 2. The van der Waals surface area contributed by atoms with Crippen LogP contribution in [-0.2, 0) is 28.1 Å². The standard InChI is InChI=1S/C4H7NO4.V/c5-2(4(8)9)1-3(6)7;/h2H,1,5H2,(H,6,7)(H,8,9);/q;+2/p-2. The zero-order valence-electron chi connectivity index (χ0n) is 4.94. The summed E-state index contributed by atoms with van der Waals surface area (Å²) in [5.74, 6) is -3.08. The molecule has 55 valence electrons. The van der Waals surface area contributed by atoms with Crippen molar-refractivity contribution in [3.05, 3.63) is 0 Å². The van der Waals surface area contributed by atoms with Gasteiger partial charge in [-0.3, -0.25) is 0 Å². The Morgan fingerprint density at radius 1 is 1.40 bits per heavy atom. The van der Waals surface area contributed by atoms with Gasteiger partial charge in [0.05, 0.1) is 5.97 Å². The number of nitrogens with two attached hydrogens (primary N) is 1.